The first-order chi connectivity index (χ1) is 8.10. The molecule has 1 fully saturated rings. The zero-order valence-electron chi connectivity index (χ0n) is 11.0. The number of hydrogen-bond donors (Lipinski definition) is 1. The van der Waals surface area contributed by atoms with Crippen molar-refractivity contribution in [2.45, 2.75) is 32.7 Å². The molecule has 5 heteroatoms. The van der Waals surface area contributed by atoms with Gasteiger partial charge < -0.3 is 9.80 Å². The number of amides is 2. The van der Waals surface area contributed by atoms with Crippen LogP contribution in [0.5, 0.6) is 0 Å². The highest BCUT2D eigenvalue weighted by Crippen LogP contribution is 2.24. The van der Waals surface area contributed by atoms with Crippen molar-refractivity contribution in [2.75, 3.05) is 33.2 Å². The standard InChI is InChI=1S/C12H23N3O2/c1-4-15(5-2)12(17)9-13-8-11(16)14(3)10-6-7-10/h10,13H,4-9H2,1-3H3. The lowest BCUT2D eigenvalue weighted by Crippen LogP contribution is -2.42. The van der Waals surface area contributed by atoms with Gasteiger partial charge in [0, 0.05) is 26.2 Å². The minimum atomic E-state index is 0.0527. The van der Waals surface area contributed by atoms with E-state index in [1.54, 1.807) is 9.80 Å². The average molecular weight is 241 g/mol. The van der Waals surface area contributed by atoms with Crippen molar-refractivity contribution < 1.29 is 9.59 Å². The lowest BCUT2D eigenvalue weighted by atomic mass is 10.4. The molecule has 0 unspecified atom stereocenters. The van der Waals surface area contributed by atoms with Gasteiger partial charge in [0.25, 0.3) is 0 Å². The maximum Gasteiger partial charge on any atom is 0.236 e. The van der Waals surface area contributed by atoms with E-state index in [4.69, 9.17) is 0 Å². The number of carbonyl (C=O) groups excluding carboxylic acids is 2. The summed E-state index contributed by atoms with van der Waals surface area (Å²) < 4.78 is 0. The molecular formula is C12H23N3O2. The van der Waals surface area contributed by atoms with Crippen molar-refractivity contribution in [3.8, 4) is 0 Å². The Morgan fingerprint density at radius 3 is 2.12 bits per heavy atom. The second-order valence-electron chi connectivity index (χ2n) is 4.41. The number of nitrogens with one attached hydrogen (secondary N) is 1. The molecule has 0 radical (unpaired) electrons. The third-order valence-corrected chi connectivity index (χ3v) is 3.16. The van der Waals surface area contributed by atoms with Crippen LogP contribution in [0.1, 0.15) is 26.7 Å². The van der Waals surface area contributed by atoms with E-state index in [1.165, 1.54) is 0 Å². The van der Waals surface area contributed by atoms with Gasteiger partial charge in [0.15, 0.2) is 0 Å². The monoisotopic (exact) mass is 241 g/mol. The molecule has 0 saturated heterocycles. The van der Waals surface area contributed by atoms with Crippen LogP contribution in [0, 0.1) is 0 Å². The Balaban J connectivity index is 2.18. The molecular weight excluding hydrogens is 218 g/mol. The molecule has 2 amide bonds. The molecule has 1 aliphatic rings. The van der Waals surface area contributed by atoms with Crippen LogP contribution in [0.2, 0.25) is 0 Å². The van der Waals surface area contributed by atoms with E-state index in [9.17, 15) is 9.59 Å². The zero-order chi connectivity index (χ0) is 12.8. The molecule has 0 spiro atoms. The summed E-state index contributed by atoms with van der Waals surface area (Å²) in [6.45, 7) is 5.83. The molecule has 0 aromatic carbocycles. The predicted molar refractivity (Wildman–Crippen MR) is 66.6 cm³/mol. The third kappa shape index (κ3) is 4.34. The average Bonchev–Trinajstić information content (AvgIpc) is 3.13. The molecule has 0 aromatic heterocycles. The fourth-order valence-corrected chi connectivity index (χ4v) is 1.75. The molecule has 0 aromatic rings. The quantitative estimate of drug-likeness (QED) is 0.686. The van der Waals surface area contributed by atoms with Gasteiger partial charge in [-0.3, -0.25) is 14.9 Å². The van der Waals surface area contributed by atoms with Gasteiger partial charge in [0.2, 0.25) is 11.8 Å². The number of likely N-dealkylation sites (N-methyl/N-ethyl adjacent to an activating group) is 2. The van der Waals surface area contributed by atoms with Gasteiger partial charge in [0.1, 0.15) is 0 Å². The molecule has 5 nitrogen and oxygen atoms in total. The van der Waals surface area contributed by atoms with Gasteiger partial charge >= 0.3 is 0 Å². The van der Waals surface area contributed by atoms with Crippen molar-refractivity contribution in [3.63, 3.8) is 0 Å². The topological polar surface area (TPSA) is 52.7 Å². The highest BCUT2D eigenvalue weighted by Gasteiger charge is 2.29. The van der Waals surface area contributed by atoms with Crippen LogP contribution in [0.3, 0.4) is 0 Å². The van der Waals surface area contributed by atoms with E-state index < -0.39 is 0 Å². The summed E-state index contributed by atoms with van der Waals surface area (Å²) in [5.74, 6) is 0.122. The summed E-state index contributed by atoms with van der Waals surface area (Å²) in [4.78, 5) is 26.8. The summed E-state index contributed by atoms with van der Waals surface area (Å²) in [7, 11) is 1.83. The number of carbonyl (C=O) groups is 2. The molecule has 0 aliphatic heterocycles. The van der Waals surface area contributed by atoms with Crippen LogP contribution in [0.4, 0.5) is 0 Å². The second kappa shape index (κ2) is 6.59. The van der Waals surface area contributed by atoms with Crippen LogP contribution in [-0.4, -0.2) is 60.9 Å². The maximum absolute atomic E-state index is 11.7. The van der Waals surface area contributed by atoms with Gasteiger partial charge in [-0.25, -0.2) is 0 Å². The highest BCUT2D eigenvalue weighted by atomic mass is 16.2. The summed E-state index contributed by atoms with van der Waals surface area (Å²) in [6.07, 6.45) is 2.22. The maximum atomic E-state index is 11.7. The Morgan fingerprint density at radius 1 is 1.12 bits per heavy atom. The lowest BCUT2D eigenvalue weighted by Gasteiger charge is -2.20. The van der Waals surface area contributed by atoms with Gasteiger partial charge in [0.05, 0.1) is 13.1 Å². The first-order valence-corrected chi connectivity index (χ1v) is 6.34. The van der Waals surface area contributed by atoms with Crippen molar-refractivity contribution in [1.82, 2.24) is 15.1 Å². The van der Waals surface area contributed by atoms with E-state index in [0.717, 1.165) is 12.8 Å². The SMILES string of the molecule is CCN(CC)C(=O)CNCC(=O)N(C)C1CC1. The Kier molecular flexibility index (Phi) is 5.41. The molecule has 98 valence electrons. The minimum Gasteiger partial charge on any atom is -0.342 e. The van der Waals surface area contributed by atoms with Crippen molar-refractivity contribution in [1.29, 1.82) is 0 Å². The molecule has 0 heterocycles. The minimum absolute atomic E-state index is 0.0527. The van der Waals surface area contributed by atoms with Gasteiger partial charge in [-0.15, -0.1) is 0 Å². The molecule has 0 bridgehead atoms. The number of hydrogen-bond acceptors (Lipinski definition) is 3. The molecule has 1 saturated carbocycles. The molecule has 17 heavy (non-hydrogen) atoms. The van der Waals surface area contributed by atoms with Crippen LogP contribution >= 0.6 is 0 Å². The summed E-state index contributed by atoms with van der Waals surface area (Å²) in [6, 6.07) is 0.433. The number of rotatable bonds is 7. The molecule has 1 rings (SSSR count). The summed E-state index contributed by atoms with van der Waals surface area (Å²) >= 11 is 0. The number of nitrogens with zero attached hydrogens (tertiary/aromatic N) is 2. The Morgan fingerprint density at radius 2 is 1.65 bits per heavy atom. The third-order valence-electron chi connectivity index (χ3n) is 3.16. The van der Waals surface area contributed by atoms with Crippen molar-refractivity contribution >= 4 is 11.8 Å². The van der Waals surface area contributed by atoms with E-state index in [0.29, 0.717) is 19.1 Å². The zero-order valence-corrected chi connectivity index (χ0v) is 11.0. The van der Waals surface area contributed by atoms with Crippen molar-refractivity contribution in [2.24, 2.45) is 0 Å². The fraction of sp³-hybridized carbons (Fsp3) is 0.833. The van der Waals surface area contributed by atoms with E-state index in [1.807, 2.05) is 20.9 Å². The summed E-state index contributed by atoms with van der Waals surface area (Å²) in [5, 5.41) is 2.92. The largest absolute Gasteiger partial charge is 0.342 e. The Labute approximate surface area is 103 Å². The van der Waals surface area contributed by atoms with E-state index in [-0.39, 0.29) is 24.9 Å². The molecule has 0 atom stereocenters. The highest BCUT2D eigenvalue weighted by molar-refractivity contribution is 5.81. The van der Waals surface area contributed by atoms with E-state index >= 15 is 0 Å². The van der Waals surface area contributed by atoms with Crippen LogP contribution in [-0.2, 0) is 9.59 Å². The van der Waals surface area contributed by atoms with Gasteiger partial charge in [-0.05, 0) is 26.7 Å². The summed E-state index contributed by atoms with van der Waals surface area (Å²) in [5.41, 5.74) is 0. The Bertz CT molecular complexity index is 259. The van der Waals surface area contributed by atoms with Crippen LogP contribution in [0.15, 0.2) is 0 Å². The Hall–Kier alpha value is -1.10. The van der Waals surface area contributed by atoms with Crippen molar-refractivity contribution in [3.05, 3.63) is 0 Å². The van der Waals surface area contributed by atoms with Crippen LogP contribution in [0.25, 0.3) is 0 Å². The van der Waals surface area contributed by atoms with E-state index in [2.05, 4.69) is 5.32 Å². The first-order valence-electron chi connectivity index (χ1n) is 6.34. The smallest absolute Gasteiger partial charge is 0.236 e. The van der Waals surface area contributed by atoms with Gasteiger partial charge in [-0.1, -0.05) is 0 Å². The van der Waals surface area contributed by atoms with Gasteiger partial charge in [-0.2, -0.15) is 0 Å². The first kappa shape index (κ1) is 14.0. The lowest BCUT2D eigenvalue weighted by molar-refractivity contribution is -0.131. The second-order valence-corrected chi connectivity index (χ2v) is 4.41. The molecule has 1 N–H and O–H groups in total. The van der Waals surface area contributed by atoms with Crippen LogP contribution < -0.4 is 5.32 Å². The predicted octanol–water partition coefficient (Wildman–Crippen LogP) is 0.0652. The molecule has 1 aliphatic carbocycles. The fourth-order valence-electron chi connectivity index (χ4n) is 1.75. The normalized spacial score (nSPS) is 14.5.